The zero-order valence-electron chi connectivity index (χ0n) is 7.62. The van der Waals surface area contributed by atoms with Gasteiger partial charge < -0.3 is 4.74 Å². The van der Waals surface area contributed by atoms with E-state index in [1.165, 1.54) is 11.2 Å². The Labute approximate surface area is 91.4 Å². The first-order chi connectivity index (χ1) is 6.72. The van der Waals surface area contributed by atoms with Gasteiger partial charge in [-0.3, -0.25) is 0 Å². The van der Waals surface area contributed by atoms with Gasteiger partial charge >= 0.3 is 5.97 Å². The molecule has 0 unspecified atom stereocenters. The molecule has 0 amide bonds. The maximum absolute atomic E-state index is 10.9. The molecule has 2 nitrogen and oxygen atoms in total. The van der Waals surface area contributed by atoms with E-state index in [9.17, 15) is 4.79 Å². The van der Waals surface area contributed by atoms with Gasteiger partial charge in [-0.2, -0.15) is 0 Å². The molecule has 0 saturated carbocycles. The van der Waals surface area contributed by atoms with Crippen molar-refractivity contribution in [2.45, 2.75) is 11.8 Å². The first kappa shape index (κ1) is 11.1. The number of carbonyl (C=O) groups excluding carboxylic acids is 1. The molecule has 0 aliphatic heterocycles. The Balaban J connectivity index is 2.68. The van der Waals surface area contributed by atoms with Gasteiger partial charge in [0.2, 0.25) is 0 Å². The summed E-state index contributed by atoms with van der Waals surface area (Å²) in [5.74, 6) is -0.438. The molecule has 14 heavy (non-hydrogen) atoms. The normalized spacial score (nSPS) is 9.00. The summed E-state index contributed by atoms with van der Waals surface area (Å²) in [5, 5.41) is 3.20. The van der Waals surface area contributed by atoms with E-state index in [0.717, 1.165) is 4.90 Å². The number of esters is 1. The second-order valence-corrected chi connectivity index (χ2v) is 3.69. The van der Waals surface area contributed by atoms with E-state index in [-0.39, 0.29) is 0 Å². The Morgan fingerprint density at radius 3 is 2.71 bits per heavy atom. The third-order valence-electron chi connectivity index (χ3n) is 1.34. The van der Waals surface area contributed by atoms with Gasteiger partial charge in [0.1, 0.15) is 0 Å². The average molecular weight is 229 g/mol. The fourth-order valence-corrected chi connectivity index (χ4v) is 1.42. The summed E-state index contributed by atoms with van der Waals surface area (Å²) in [6.07, 6.45) is 0. The first-order valence-corrected chi connectivity index (χ1v) is 5.27. The SMILES string of the molecule is CCOC(=O)C#Sc1ccc(Cl)cc1. The van der Waals surface area contributed by atoms with Crippen molar-refractivity contribution in [3.63, 3.8) is 0 Å². The van der Waals surface area contributed by atoms with E-state index in [4.69, 9.17) is 16.3 Å². The number of hydrogen-bond acceptors (Lipinski definition) is 2. The summed E-state index contributed by atoms with van der Waals surface area (Å²) in [5.41, 5.74) is 0. The van der Waals surface area contributed by atoms with E-state index in [0.29, 0.717) is 11.6 Å². The summed E-state index contributed by atoms with van der Waals surface area (Å²) in [7, 11) is 0. The molecule has 0 radical (unpaired) electrons. The lowest BCUT2D eigenvalue weighted by atomic mass is 10.4. The Bertz CT molecular complexity index is 375. The molecule has 0 fully saturated rings. The van der Waals surface area contributed by atoms with Gasteiger partial charge in [-0.25, -0.2) is 4.79 Å². The Kier molecular flexibility index (Phi) is 4.47. The molecular formula is C10H9ClO2S. The number of halogens is 1. The van der Waals surface area contributed by atoms with Crippen molar-refractivity contribution in [3.8, 4) is 5.18 Å². The van der Waals surface area contributed by atoms with Crippen LogP contribution in [0.5, 0.6) is 0 Å². The molecule has 74 valence electrons. The maximum Gasteiger partial charge on any atom is 0.386 e. The van der Waals surface area contributed by atoms with Crippen molar-refractivity contribution in [1.82, 2.24) is 0 Å². The molecule has 0 N–H and O–H groups in total. The highest BCUT2D eigenvalue weighted by molar-refractivity contribution is 7.89. The molecule has 1 aromatic carbocycles. The van der Waals surface area contributed by atoms with E-state index in [2.05, 4.69) is 5.18 Å². The highest BCUT2D eigenvalue weighted by Gasteiger charge is 1.93. The molecule has 1 aromatic rings. The molecule has 0 atom stereocenters. The Morgan fingerprint density at radius 2 is 2.14 bits per heavy atom. The lowest BCUT2D eigenvalue weighted by Gasteiger charge is -1.92. The van der Waals surface area contributed by atoms with Crippen LogP contribution >= 0.6 is 22.8 Å². The lowest BCUT2D eigenvalue weighted by molar-refractivity contribution is -0.136. The molecule has 0 aromatic heterocycles. The fraction of sp³-hybridized carbons (Fsp3) is 0.200. The summed E-state index contributed by atoms with van der Waals surface area (Å²) in [6, 6.07) is 7.16. The van der Waals surface area contributed by atoms with Gasteiger partial charge in [0.05, 0.1) is 6.61 Å². The largest absolute Gasteiger partial charge is 0.456 e. The minimum absolute atomic E-state index is 0.368. The second kappa shape index (κ2) is 5.66. The Hall–Kier alpha value is -1.02. The van der Waals surface area contributed by atoms with Crippen LogP contribution in [0, 0.1) is 5.18 Å². The molecule has 4 heteroatoms. The zero-order valence-corrected chi connectivity index (χ0v) is 9.19. The van der Waals surface area contributed by atoms with Crippen molar-refractivity contribution >= 4 is 28.7 Å². The zero-order chi connectivity index (χ0) is 10.4. The molecular weight excluding hydrogens is 220 g/mol. The van der Waals surface area contributed by atoms with Crippen LogP contribution in [0.2, 0.25) is 5.02 Å². The van der Waals surface area contributed by atoms with E-state index >= 15 is 0 Å². The minimum Gasteiger partial charge on any atom is -0.456 e. The number of hydrogen-bond donors (Lipinski definition) is 0. The van der Waals surface area contributed by atoms with Crippen LogP contribution in [0.1, 0.15) is 6.92 Å². The monoisotopic (exact) mass is 228 g/mol. The van der Waals surface area contributed by atoms with Crippen LogP contribution in [0.4, 0.5) is 0 Å². The maximum atomic E-state index is 10.9. The molecule has 0 heterocycles. The predicted molar refractivity (Wildman–Crippen MR) is 57.8 cm³/mol. The van der Waals surface area contributed by atoms with Crippen molar-refractivity contribution < 1.29 is 9.53 Å². The topological polar surface area (TPSA) is 26.3 Å². The van der Waals surface area contributed by atoms with E-state index in [1.807, 2.05) is 12.1 Å². The third kappa shape index (κ3) is 3.79. The molecule has 0 bridgehead atoms. The predicted octanol–water partition coefficient (Wildman–Crippen LogP) is 2.95. The highest BCUT2D eigenvalue weighted by Crippen LogP contribution is 2.13. The average Bonchev–Trinajstić information content (AvgIpc) is 2.17. The van der Waals surface area contributed by atoms with Gasteiger partial charge in [-0.15, -0.1) is 0 Å². The summed E-state index contributed by atoms with van der Waals surface area (Å²) >= 11 is 6.90. The summed E-state index contributed by atoms with van der Waals surface area (Å²) in [6.45, 7) is 2.12. The van der Waals surface area contributed by atoms with Crippen LogP contribution in [0.3, 0.4) is 0 Å². The number of rotatable bonds is 1. The first-order valence-electron chi connectivity index (χ1n) is 4.07. The number of benzene rings is 1. The highest BCUT2D eigenvalue weighted by atomic mass is 35.5. The molecule has 1 rings (SSSR count). The van der Waals surface area contributed by atoms with Crippen LogP contribution in [-0.4, -0.2) is 12.6 Å². The molecule has 0 aliphatic rings. The van der Waals surface area contributed by atoms with Crippen LogP contribution in [-0.2, 0) is 9.53 Å². The number of ether oxygens (including phenoxy) is 1. The molecule has 0 saturated heterocycles. The Morgan fingerprint density at radius 1 is 1.50 bits per heavy atom. The van der Waals surface area contributed by atoms with Crippen molar-refractivity contribution in [2.75, 3.05) is 6.61 Å². The quantitative estimate of drug-likeness (QED) is 0.691. The molecule has 0 aliphatic carbocycles. The minimum atomic E-state index is -0.438. The van der Waals surface area contributed by atoms with Crippen LogP contribution < -0.4 is 0 Å². The van der Waals surface area contributed by atoms with Crippen LogP contribution in [0.25, 0.3) is 0 Å². The van der Waals surface area contributed by atoms with Crippen molar-refractivity contribution in [1.29, 1.82) is 0 Å². The van der Waals surface area contributed by atoms with Gasteiger partial charge in [-0.05, 0) is 31.2 Å². The van der Waals surface area contributed by atoms with Gasteiger partial charge in [0.25, 0.3) is 0 Å². The smallest absolute Gasteiger partial charge is 0.386 e. The van der Waals surface area contributed by atoms with E-state index < -0.39 is 5.97 Å². The van der Waals surface area contributed by atoms with Crippen LogP contribution in [0.15, 0.2) is 29.2 Å². The summed E-state index contributed by atoms with van der Waals surface area (Å²) in [4.78, 5) is 11.8. The fourth-order valence-electron chi connectivity index (χ4n) is 0.764. The molecule has 0 spiro atoms. The lowest BCUT2D eigenvalue weighted by Crippen LogP contribution is -1.98. The number of carbonyl (C=O) groups is 1. The second-order valence-electron chi connectivity index (χ2n) is 2.38. The van der Waals surface area contributed by atoms with Gasteiger partial charge in [0.15, 0.2) is 0 Å². The van der Waals surface area contributed by atoms with Gasteiger partial charge in [-0.1, -0.05) is 22.8 Å². The van der Waals surface area contributed by atoms with Crippen molar-refractivity contribution in [3.05, 3.63) is 29.3 Å². The van der Waals surface area contributed by atoms with Crippen molar-refractivity contribution in [2.24, 2.45) is 0 Å². The summed E-state index contributed by atoms with van der Waals surface area (Å²) < 4.78 is 4.69. The third-order valence-corrected chi connectivity index (χ3v) is 2.37. The standard InChI is InChI=1S/C10H9ClO2S/c1-2-13-10(12)7-14-9-5-3-8(11)4-6-9/h3-6H,2H2,1H3. The van der Waals surface area contributed by atoms with Gasteiger partial charge in [0, 0.05) is 15.1 Å². The van der Waals surface area contributed by atoms with E-state index in [1.54, 1.807) is 19.1 Å².